The van der Waals surface area contributed by atoms with Crippen molar-refractivity contribution in [1.82, 2.24) is 87.6 Å². The number of carbonyl (C=O) groups excluding carboxylic acids is 17. The van der Waals surface area contributed by atoms with Crippen molar-refractivity contribution in [2.24, 2.45) is 22.9 Å². The predicted octanol–water partition coefficient (Wildman–Crippen LogP) is -3.86. The molecular weight excluding hydrogens is 1750 g/mol. The van der Waals surface area contributed by atoms with Crippen LogP contribution in [-0.4, -0.2) is 325 Å². The van der Waals surface area contributed by atoms with Crippen LogP contribution in [0.1, 0.15) is 134 Å². The van der Waals surface area contributed by atoms with Crippen molar-refractivity contribution in [3.8, 4) is 5.75 Å². The Hall–Kier alpha value is -13.3. The van der Waals surface area contributed by atoms with Crippen LogP contribution < -0.4 is 80.8 Å². The number of rotatable bonds is 27. The first-order valence-corrected chi connectivity index (χ1v) is 45.3. The molecule has 0 spiro atoms. The lowest BCUT2D eigenvalue weighted by Gasteiger charge is -2.36. The molecule has 3 aliphatic heterocycles. The molecule has 5 heterocycles. The van der Waals surface area contributed by atoms with Crippen molar-refractivity contribution in [3.63, 3.8) is 0 Å². The van der Waals surface area contributed by atoms with Gasteiger partial charge < -0.3 is 131 Å². The summed E-state index contributed by atoms with van der Waals surface area (Å²) in [5.41, 5.74) is 26.1. The topological polar surface area (TPSA) is 666 Å². The molecule has 0 radical (unpaired) electrons. The van der Waals surface area contributed by atoms with Crippen LogP contribution in [0.4, 0.5) is 0 Å². The van der Waals surface area contributed by atoms with Crippen molar-refractivity contribution in [2.45, 2.75) is 227 Å². The van der Waals surface area contributed by atoms with Gasteiger partial charge in [-0.1, -0.05) is 88.1 Å². The number of aromatic amines is 2. The fourth-order valence-electron chi connectivity index (χ4n) is 16.1. The maximum Gasteiger partial charge on any atom is 0.303 e. The van der Waals surface area contributed by atoms with E-state index in [9.17, 15) is 72.9 Å². The minimum atomic E-state index is -1.84. The van der Waals surface area contributed by atoms with Crippen molar-refractivity contribution in [1.29, 1.82) is 0 Å². The summed E-state index contributed by atoms with van der Waals surface area (Å²) in [7, 11) is 5.23. The first-order chi connectivity index (χ1) is 63.3. The van der Waals surface area contributed by atoms with Gasteiger partial charge in [0.25, 0.3) is 0 Å². The molecule has 8 rings (SSSR count). The molecule has 2 aromatic heterocycles. The Labute approximate surface area is 771 Å². The first-order valence-electron chi connectivity index (χ1n) is 44.1. The number of likely N-dealkylation sites (N-methyl/N-ethyl adjacent to an activating group) is 3. The number of nitrogens with two attached hydrogens (primary N) is 4. The van der Waals surface area contributed by atoms with E-state index in [2.05, 4.69) is 63.1 Å². The summed E-state index contributed by atoms with van der Waals surface area (Å²) in [6, 6.07) is -2.52. The van der Waals surface area contributed by atoms with Gasteiger partial charge in [-0.2, -0.15) is 0 Å². The van der Waals surface area contributed by atoms with Crippen LogP contribution in [0.2, 0.25) is 0 Å². The second-order valence-corrected chi connectivity index (χ2v) is 34.3. The van der Waals surface area contributed by atoms with Crippen LogP contribution in [0.3, 0.4) is 0 Å². The van der Waals surface area contributed by atoms with E-state index in [1.807, 2.05) is 6.92 Å². The third-order valence-electron chi connectivity index (χ3n) is 23.7. The number of benzene rings is 3. The van der Waals surface area contributed by atoms with E-state index in [-0.39, 0.29) is 70.9 Å². The lowest BCUT2D eigenvalue weighted by Crippen LogP contribution is -2.61. The lowest BCUT2D eigenvalue weighted by atomic mass is 9.99. The van der Waals surface area contributed by atoms with Gasteiger partial charge in [0.2, 0.25) is 100 Å². The number of carbonyl (C=O) groups is 19. The molecule has 15 atom stereocenters. The van der Waals surface area contributed by atoms with E-state index in [4.69, 9.17) is 27.7 Å². The van der Waals surface area contributed by atoms with E-state index in [0.29, 0.717) is 75.3 Å². The SMILES string of the molecule is CCCC[C@H]1C(=O)N(C)[C@@H](CCCC)C(=O)N[C@@H](CCC(=O)O)C(=O)N[C@H](C(=O)NCC(N)=O)CSCC(=O)N[C@@H](Cc2ccc(OC)cc2)C(=O)N(C)[C@@H](C)C(=O)N[C@@H](CC(N)=O)C(=O)N2CCC[C@H]2C(=O)N[C@@H](CN)C(=O)N[C@@H](CCC(=O)O)C(=O)N2C[C@H](O)C[C@H]2C(=O)N[C@@H](Cc2c[nH]c3ccccc23)C(=O)N[C@@H](CCN)C(=O)N[C@@H](Cc2c[nH]c3ccccc23)C(=O)N1C. The van der Waals surface area contributed by atoms with E-state index >= 15 is 33.6 Å². The second-order valence-electron chi connectivity index (χ2n) is 33.3. The summed E-state index contributed by atoms with van der Waals surface area (Å²) < 4.78 is 5.32. The van der Waals surface area contributed by atoms with Gasteiger partial charge in [0.05, 0.1) is 31.9 Å². The number of nitrogens with zero attached hydrogens (tertiary/aromatic N) is 5. The van der Waals surface area contributed by atoms with Crippen LogP contribution in [0.15, 0.2) is 85.2 Å². The number of carboxylic acids is 2. The number of nitrogens with one attached hydrogen (secondary N) is 12. The Morgan fingerprint density at radius 3 is 1.59 bits per heavy atom. The van der Waals surface area contributed by atoms with Crippen molar-refractivity contribution < 1.29 is 111 Å². The van der Waals surface area contributed by atoms with Gasteiger partial charge in [0.1, 0.15) is 90.3 Å². The minimum Gasteiger partial charge on any atom is -0.497 e. The lowest BCUT2D eigenvalue weighted by molar-refractivity contribution is -0.149. The number of hydrogen-bond donors (Lipinski definition) is 19. The molecule has 3 saturated heterocycles. The number of aliphatic carboxylic acids is 2. The third-order valence-corrected chi connectivity index (χ3v) is 24.7. The molecule has 0 unspecified atom stereocenters. The number of primary amides is 2. The number of methoxy groups -OCH3 is 1. The Balaban J connectivity index is 1.20. The highest BCUT2D eigenvalue weighted by Gasteiger charge is 2.47. The Morgan fingerprint density at radius 2 is 1.01 bits per heavy atom. The summed E-state index contributed by atoms with van der Waals surface area (Å²) >= 11 is 0.716. The van der Waals surface area contributed by atoms with Crippen molar-refractivity contribution >= 4 is 146 Å². The Kier molecular flexibility index (Phi) is 39.8. The van der Waals surface area contributed by atoms with Gasteiger partial charge in [0.15, 0.2) is 0 Å². The molecule has 23 N–H and O–H groups in total. The maximum absolute atomic E-state index is 15.8. The monoisotopic (exact) mass is 1870 g/mol. The number of aliphatic hydroxyl groups excluding tert-OH is 1. The minimum absolute atomic E-state index is 0.0368. The first kappa shape index (κ1) is 105. The zero-order valence-electron chi connectivity index (χ0n) is 75.4. The summed E-state index contributed by atoms with van der Waals surface area (Å²) in [5, 5.41) is 58.2. The average Bonchev–Trinajstić information content (AvgIpc) is 1.68. The van der Waals surface area contributed by atoms with Gasteiger partial charge in [-0.15, -0.1) is 11.8 Å². The molecule has 17 amide bonds. The highest BCUT2D eigenvalue weighted by atomic mass is 32.2. The largest absolute Gasteiger partial charge is 0.497 e. The van der Waals surface area contributed by atoms with Crippen LogP contribution >= 0.6 is 11.8 Å². The zero-order chi connectivity index (χ0) is 97.6. The molecule has 45 heteroatoms. The standard InChI is InChI=1S/C88H123N21O23S/c1-8-10-21-66-81(124)98-57(28-30-73(114)115)77(120)104-65(76(119)95-43-71(92)112)45-133-46-72(113)96-61(35-48-24-26-52(132-7)27-25-48)84(127)105(4)47(3)75(118)101-63(39-70(91)111)87(130)108-34-16-23-67(108)82(125)103-64(40-90)80(123)99-59(29-31-74(116)117)86(129)109-44-51(110)38-69(109)83(126)100-60(36-49-41-93-55-19-14-12-17-53(49)55)79(122)97-58(32-33-89)78(121)102-62(37-50-42-94-56-20-15-13-18-54(50)56)85(128)107(6)68(22-11-9-2)88(131)106(66)5/h12-15,17-20,24-27,41-42,47,51,57-69,93-94,110H,8-11,16,21-23,28-40,43-46,89-90H2,1-7H3,(H2,91,111)(H2,92,112)(H,95,119)(H,96,113)(H,97,122)(H,98,124)(H,99,123)(H,100,126)(H,101,118)(H,102,121)(H,103,125)(H,104,120)(H,114,115)(H,116,117)/t47-,51+,57-,58-,59-,60-,61-,62-,63-,64-,65-,66-,67-,68-,69-/m0/s1. The van der Waals surface area contributed by atoms with Gasteiger partial charge >= 0.3 is 11.9 Å². The summed E-state index contributed by atoms with van der Waals surface area (Å²) in [6.07, 6.45) is -2.13. The zero-order valence-corrected chi connectivity index (χ0v) is 76.2. The molecule has 3 fully saturated rings. The number of aliphatic hydroxyl groups is 1. The van der Waals surface area contributed by atoms with E-state index < -0.39 is 273 Å². The second kappa shape index (κ2) is 50.4. The highest BCUT2D eigenvalue weighted by Crippen LogP contribution is 2.28. The van der Waals surface area contributed by atoms with Crippen LogP contribution in [0, 0.1) is 0 Å². The van der Waals surface area contributed by atoms with Gasteiger partial charge in [0, 0.05) is 119 Å². The number of fused-ring (bicyclic) bond motifs is 4. The Morgan fingerprint density at radius 1 is 0.511 bits per heavy atom. The molecular formula is C88H123N21O23S. The summed E-state index contributed by atoms with van der Waals surface area (Å²) in [5.74, 6) is -20.7. The highest BCUT2D eigenvalue weighted by molar-refractivity contribution is 8.00. The quantitative estimate of drug-likeness (QED) is 0.0239. The van der Waals surface area contributed by atoms with Crippen molar-refractivity contribution in [2.75, 3.05) is 72.5 Å². The van der Waals surface area contributed by atoms with E-state index in [1.165, 1.54) is 35.2 Å². The molecule has 724 valence electrons. The normalized spacial score (nSPS) is 24.9. The number of ether oxygens (including phenoxy) is 1. The van der Waals surface area contributed by atoms with Gasteiger partial charge in [-0.25, -0.2) is 0 Å². The average molecular weight is 1880 g/mol. The number of para-hydroxylation sites is 2. The molecule has 0 saturated carbocycles. The van der Waals surface area contributed by atoms with Gasteiger partial charge in [-0.05, 0) is 99.4 Å². The van der Waals surface area contributed by atoms with Crippen LogP contribution in [0.5, 0.6) is 5.75 Å². The number of carboxylic acid groups (broad SMARTS) is 2. The molecule has 3 aliphatic rings. The van der Waals surface area contributed by atoms with E-state index in [0.717, 1.165) is 24.5 Å². The number of aromatic nitrogens is 2. The smallest absolute Gasteiger partial charge is 0.303 e. The molecule has 3 aromatic carbocycles. The van der Waals surface area contributed by atoms with Gasteiger partial charge in [-0.3, -0.25) is 91.1 Å². The number of H-pyrrole nitrogens is 2. The number of thioether (sulfide) groups is 1. The van der Waals surface area contributed by atoms with Crippen LogP contribution in [-0.2, 0) is 110 Å². The molecule has 44 nitrogen and oxygen atoms in total. The molecule has 5 aromatic rings. The maximum atomic E-state index is 15.8. The fourth-order valence-corrected chi connectivity index (χ4v) is 17.0. The van der Waals surface area contributed by atoms with Crippen molar-refractivity contribution in [3.05, 3.63) is 102 Å². The molecule has 0 aliphatic carbocycles. The number of unbranched alkanes of at least 4 members (excludes halogenated alkanes) is 2. The molecule has 0 bridgehead atoms. The molecule has 133 heavy (non-hydrogen) atoms. The Bertz CT molecular complexity index is 5030. The third kappa shape index (κ3) is 29.3. The summed E-state index contributed by atoms with van der Waals surface area (Å²) in [6.45, 7) is 2.37. The number of hydrogen-bond acceptors (Lipinski definition) is 24. The van der Waals surface area contributed by atoms with E-state index in [1.54, 1.807) is 92.1 Å². The van der Waals surface area contributed by atoms with Crippen LogP contribution in [0.25, 0.3) is 21.8 Å². The fraction of sp³-hybridized carbons (Fsp3) is 0.534. The predicted molar refractivity (Wildman–Crippen MR) is 483 cm³/mol. The summed E-state index contributed by atoms with van der Waals surface area (Å²) in [4.78, 5) is 284. The number of amides is 17.